The van der Waals surface area contributed by atoms with Gasteiger partial charge in [-0.15, -0.1) is 0 Å². The molecule has 9 heteroatoms. The van der Waals surface area contributed by atoms with Crippen molar-refractivity contribution in [1.82, 2.24) is 14.8 Å². The lowest BCUT2D eigenvalue weighted by atomic mass is 10.1. The van der Waals surface area contributed by atoms with Gasteiger partial charge in [0.15, 0.2) is 9.84 Å². The van der Waals surface area contributed by atoms with Crippen molar-refractivity contribution in [2.24, 2.45) is 0 Å². The number of para-hydroxylation sites is 1. The number of rotatable bonds is 7. The van der Waals surface area contributed by atoms with Gasteiger partial charge in [0.25, 0.3) is 5.91 Å². The average molecular weight is 550 g/mol. The van der Waals surface area contributed by atoms with Gasteiger partial charge in [-0.3, -0.25) is 14.7 Å². The minimum Gasteiger partial charge on any atom is -0.495 e. The molecule has 2 heterocycles. The third-order valence-electron chi connectivity index (χ3n) is 6.80. The van der Waals surface area contributed by atoms with Crippen LogP contribution in [0.2, 0.25) is 5.02 Å². The summed E-state index contributed by atoms with van der Waals surface area (Å²) in [6, 6.07) is 21.4. The number of methoxy groups -OCH3 is 1. The van der Waals surface area contributed by atoms with Crippen LogP contribution in [0.3, 0.4) is 0 Å². The molecule has 4 aromatic rings. The number of hydrogen-bond acceptors (Lipinski definition) is 6. The number of pyridine rings is 1. The maximum absolute atomic E-state index is 13.2. The lowest BCUT2D eigenvalue weighted by Gasteiger charge is -2.35. The smallest absolute Gasteiger partial charge is 0.253 e. The molecule has 0 atom stereocenters. The lowest BCUT2D eigenvalue weighted by molar-refractivity contribution is 0.0628. The van der Waals surface area contributed by atoms with Crippen molar-refractivity contribution in [3.63, 3.8) is 0 Å². The predicted octanol–water partition coefficient (Wildman–Crippen LogP) is 4.83. The van der Waals surface area contributed by atoms with Gasteiger partial charge in [-0.2, -0.15) is 0 Å². The number of fused-ring (bicyclic) bond motifs is 1. The summed E-state index contributed by atoms with van der Waals surface area (Å²) in [7, 11) is -2.01. The molecule has 1 aliphatic rings. The minimum atomic E-state index is -3.61. The highest BCUT2D eigenvalue weighted by Crippen LogP contribution is 2.29. The molecule has 196 valence electrons. The molecule has 7 nitrogen and oxygen atoms in total. The van der Waals surface area contributed by atoms with Gasteiger partial charge in [0.05, 0.1) is 28.3 Å². The zero-order valence-corrected chi connectivity index (χ0v) is 22.6. The van der Waals surface area contributed by atoms with Crippen LogP contribution < -0.4 is 4.74 Å². The van der Waals surface area contributed by atoms with Crippen molar-refractivity contribution in [2.45, 2.75) is 17.2 Å². The molecule has 1 aliphatic heterocycles. The van der Waals surface area contributed by atoms with Crippen LogP contribution in [0.25, 0.3) is 10.9 Å². The number of hydrogen-bond donors (Lipinski definition) is 0. The van der Waals surface area contributed by atoms with E-state index in [2.05, 4.69) is 9.88 Å². The summed E-state index contributed by atoms with van der Waals surface area (Å²) in [5.41, 5.74) is 2.63. The van der Waals surface area contributed by atoms with Crippen molar-refractivity contribution in [2.75, 3.05) is 33.3 Å². The molecule has 0 aliphatic carbocycles. The Bertz CT molecular complexity index is 1560. The first-order valence-electron chi connectivity index (χ1n) is 12.3. The summed E-state index contributed by atoms with van der Waals surface area (Å²) in [5.74, 6) is 0.433. The molecular formula is C29H28ClN3O4S. The number of halogens is 1. The van der Waals surface area contributed by atoms with Gasteiger partial charge in [-0.25, -0.2) is 8.42 Å². The maximum atomic E-state index is 13.2. The van der Waals surface area contributed by atoms with Gasteiger partial charge in [0.2, 0.25) is 0 Å². The third kappa shape index (κ3) is 5.53. The molecule has 0 unspecified atom stereocenters. The van der Waals surface area contributed by atoms with Crippen LogP contribution >= 0.6 is 11.6 Å². The number of amides is 1. The quantitative estimate of drug-likeness (QED) is 0.328. The number of carbonyl (C=O) groups excluding carboxylic acids is 1. The molecular weight excluding hydrogens is 522 g/mol. The Morgan fingerprint density at radius 1 is 0.947 bits per heavy atom. The largest absolute Gasteiger partial charge is 0.495 e. The van der Waals surface area contributed by atoms with E-state index in [1.807, 2.05) is 35.2 Å². The highest BCUT2D eigenvalue weighted by Gasteiger charge is 2.24. The number of ether oxygens (including phenoxy) is 1. The molecule has 0 spiro atoms. The first-order chi connectivity index (χ1) is 18.4. The van der Waals surface area contributed by atoms with E-state index in [9.17, 15) is 13.2 Å². The van der Waals surface area contributed by atoms with Crippen LogP contribution in [0.4, 0.5) is 0 Å². The monoisotopic (exact) mass is 549 g/mol. The highest BCUT2D eigenvalue weighted by molar-refractivity contribution is 7.90. The van der Waals surface area contributed by atoms with E-state index in [1.54, 1.807) is 55.8 Å². The molecule has 5 rings (SSSR count). The van der Waals surface area contributed by atoms with Gasteiger partial charge in [0, 0.05) is 49.9 Å². The Balaban J connectivity index is 1.21. The number of sulfone groups is 1. The second-order valence-electron chi connectivity index (χ2n) is 9.29. The van der Waals surface area contributed by atoms with Crippen molar-refractivity contribution in [3.8, 4) is 5.75 Å². The molecule has 1 saturated heterocycles. The summed E-state index contributed by atoms with van der Waals surface area (Å²) in [4.78, 5) is 21.7. The van der Waals surface area contributed by atoms with Crippen LogP contribution in [0.5, 0.6) is 5.75 Å². The molecule has 0 N–H and O–H groups in total. The van der Waals surface area contributed by atoms with Crippen LogP contribution in [-0.4, -0.2) is 62.4 Å². The molecule has 1 fully saturated rings. The Labute approximate surface area is 227 Å². The third-order valence-corrected chi connectivity index (χ3v) is 8.95. The van der Waals surface area contributed by atoms with E-state index in [-0.39, 0.29) is 16.6 Å². The van der Waals surface area contributed by atoms with Crippen LogP contribution in [0.1, 0.15) is 21.5 Å². The standard InChI is InChI=1S/C29H28ClN3O4S/c1-37-25-8-2-6-24(27(25)30)19-32-15-17-33(18-16-32)29(34)23-12-10-21(11-13-23)20-38(35,36)26-9-3-5-22-7-4-14-31-28(22)26/h2-14H,15-20H2,1H3. The van der Waals surface area contributed by atoms with E-state index in [0.717, 1.165) is 24.0 Å². The Hall–Kier alpha value is -3.46. The van der Waals surface area contributed by atoms with Gasteiger partial charge >= 0.3 is 0 Å². The zero-order chi connectivity index (χ0) is 26.7. The van der Waals surface area contributed by atoms with Gasteiger partial charge < -0.3 is 9.64 Å². The molecule has 1 aromatic heterocycles. The average Bonchev–Trinajstić information content (AvgIpc) is 2.94. The van der Waals surface area contributed by atoms with Crippen molar-refractivity contribution in [1.29, 1.82) is 0 Å². The molecule has 3 aromatic carbocycles. The molecule has 0 radical (unpaired) electrons. The Kier molecular flexibility index (Phi) is 7.65. The number of piperazine rings is 1. The van der Waals surface area contributed by atoms with Gasteiger partial charge in [-0.05, 0) is 41.5 Å². The SMILES string of the molecule is COc1cccc(CN2CCN(C(=O)c3ccc(CS(=O)(=O)c4cccc5cccnc45)cc3)CC2)c1Cl. The Morgan fingerprint density at radius 3 is 2.39 bits per heavy atom. The van der Waals surface area contributed by atoms with E-state index >= 15 is 0 Å². The van der Waals surface area contributed by atoms with Crippen molar-refractivity contribution >= 4 is 38.2 Å². The normalized spacial score (nSPS) is 14.5. The molecule has 38 heavy (non-hydrogen) atoms. The van der Waals surface area contributed by atoms with Crippen LogP contribution in [0.15, 0.2) is 83.9 Å². The maximum Gasteiger partial charge on any atom is 0.253 e. The van der Waals surface area contributed by atoms with Crippen LogP contribution in [0, 0.1) is 0 Å². The zero-order valence-electron chi connectivity index (χ0n) is 21.0. The molecule has 1 amide bonds. The summed E-state index contributed by atoms with van der Waals surface area (Å²) < 4.78 is 31.6. The Morgan fingerprint density at radius 2 is 1.66 bits per heavy atom. The molecule has 0 saturated carbocycles. The number of carbonyl (C=O) groups is 1. The topological polar surface area (TPSA) is 79.8 Å². The fourth-order valence-electron chi connectivity index (χ4n) is 4.74. The first kappa shape index (κ1) is 26.2. The van der Waals surface area contributed by atoms with Gasteiger partial charge in [0.1, 0.15) is 5.75 Å². The van der Waals surface area contributed by atoms with E-state index in [0.29, 0.717) is 47.1 Å². The number of benzene rings is 3. The first-order valence-corrected chi connectivity index (χ1v) is 14.4. The second kappa shape index (κ2) is 11.1. The van der Waals surface area contributed by atoms with Crippen LogP contribution in [-0.2, 0) is 22.1 Å². The second-order valence-corrected chi connectivity index (χ2v) is 11.6. The van der Waals surface area contributed by atoms with E-state index in [4.69, 9.17) is 16.3 Å². The van der Waals surface area contributed by atoms with E-state index < -0.39 is 9.84 Å². The number of aromatic nitrogens is 1. The summed E-state index contributed by atoms with van der Waals surface area (Å²) in [6.45, 7) is 3.35. The summed E-state index contributed by atoms with van der Waals surface area (Å²) >= 11 is 6.44. The fourth-order valence-corrected chi connectivity index (χ4v) is 6.54. The highest BCUT2D eigenvalue weighted by atomic mass is 35.5. The minimum absolute atomic E-state index is 0.0586. The lowest BCUT2D eigenvalue weighted by Crippen LogP contribution is -2.48. The summed E-state index contributed by atoms with van der Waals surface area (Å²) in [5, 5.41) is 1.40. The van der Waals surface area contributed by atoms with Crippen molar-refractivity contribution in [3.05, 3.63) is 101 Å². The summed E-state index contributed by atoms with van der Waals surface area (Å²) in [6.07, 6.45) is 1.59. The predicted molar refractivity (Wildman–Crippen MR) is 148 cm³/mol. The molecule has 0 bridgehead atoms. The van der Waals surface area contributed by atoms with E-state index in [1.165, 1.54) is 0 Å². The fraction of sp³-hybridized carbons (Fsp3) is 0.241. The van der Waals surface area contributed by atoms with Crippen molar-refractivity contribution < 1.29 is 17.9 Å². The number of nitrogens with zero attached hydrogens (tertiary/aromatic N) is 3. The van der Waals surface area contributed by atoms with Gasteiger partial charge in [-0.1, -0.05) is 54.1 Å².